The van der Waals surface area contributed by atoms with Gasteiger partial charge in [0, 0.05) is 23.5 Å². The van der Waals surface area contributed by atoms with Crippen LogP contribution in [0.15, 0.2) is 24.3 Å². The minimum absolute atomic E-state index is 0.0601. The van der Waals surface area contributed by atoms with E-state index in [2.05, 4.69) is 11.6 Å². The minimum Gasteiger partial charge on any atom is -0.492 e. The van der Waals surface area contributed by atoms with E-state index < -0.39 is 10.0 Å². The van der Waals surface area contributed by atoms with Crippen LogP contribution in [-0.2, 0) is 10.0 Å². The number of ether oxygens (including phenoxy) is 1. The van der Waals surface area contributed by atoms with Gasteiger partial charge in [-0.3, -0.25) is 0 Å². The van der Waals surface area contributed by atoms with E-state index in [0.29, 0.717) is 23.2 Å². The van der Waals surface area contributed by atoms with Gasteiger partial charge < -0.3 is 10.5 Å². The predicted molar refractivity (Wildman–Crippen MR) is 85.7 cm³/mol. The van der Waals surface area contributed by atoms with Gasteiger partial charge in [-0.2, -0.15) is 11.8 Å². The lowest BCUT2D eigenvalue weighted by Gasteiger charge is -2.10. The lowest BCUT2D eigenvalue weighted by Crippen LogP contribution is -2.30. The number of thioether (sulfide) groups is 1. The first-order valence-corrected chi connectivity index (χ1v) is 9.35. The molecular formula is C13H22N2O3S2. The lowest BCUT2D eigenvalue weighted by atomic mass is 10.3. The summed E-state index contributed by atoms with van der Waals surface area (Å²) >= 11 is 1.72. The molecule has 1 unspecified atom stereocenters. The number of benzene rings is 1. The Bertz CT molecular complexity index is 506. The Balaban J connectivity index is 2.29. The molecule has 5 nitrogen and oxygen atoms in total. The molecule has 1 rings (SSSR count). The number of hydrogen-bond donors (Lipinski definition) is 2. The first-order valence-electron chi connectivity index (χ1n) is 6.41. The number of rotatable bonds is 9. The van der Waals surface area contributed by atoms with E-state index in [1.54, 1.807) is 36.0 Å². The van der Waals surface area contributed by atoms with Gasteiger partial charge in [-0.05, 0) is 24.8 Å². The zero-order valence-electron chi connectivity index (χ0n) is 11.8. The molecule has 0 heterocycles. The summed E-state index contributed by atoms with van der Waals surface area (Å²) in [5.41, 5.74) is 6.20. The molecule has 0 aromatic heterocycles. The maximum absolute atomic E-state index is 11.7. The normalized spacial score (nSPS) is 13.1. The van der Waals surface area contributed by atoms with Gasteiger partial charge in [-0.1, -0.05) is 13.0 Å². The molecule has 0 aliphatic heterocycles. The van der Waals surface area contributed by atoms with Gasteiger partial charge in [0.25, 0.3) is 0 Å². The molecule has 0 aliphatic carbocycles. The van der Waals surface area contributed by atoms with Crippen LogP contribution in [0, 0.1) is 0 Å². The summed E-state index contributed by atoms with van der Waals surface area (Å²) in [6.07, 6.45) is 2.83. The van der Waals surface area contributed by atoms with Crippen molar-refractivity contribution in [2.45, 2.75) is 18.6 Å². The fourth-order valence-corrected chi connectivity index (χ4v) is 2.71. The molecule has 0 bridgehead atoms. The van der Waals surface area contributed by atoms with Gasteiger partial charge in [0.05, 0.1) is 5.75 Å². The van der Waals surface area contributed by atoms with E-state index in [4.69, 9.17) is 10.5 Å². The van der Waals surface area contributed by atoms with Crippen LogP contribution in [-0.4, -0.2) is 38.8 Å². The van der Waals surface area contributed by atoms with E-state index in [-0.39, 0.29) is 12.4 Å². The van der Waals surface area contributed by atoms with Crippen molar-refractivity contribution in [3.05, 3.63) is 24.3 Å². The molecule has 20 heavy (non-hydrogen) atoms. The Morgan fingerprint density at radius 2 is 2.20 bits per heavy atom. The molecule has 0 spiro atoms. The van der Waals surface area contributed by atoms with E-state index in [9.17, 15) is 8.42 Å². The summed E-state index contributed by atoms with van der Waals surface area (Å²) in [5, 5.41) is 0.446. The highest BCUT2D eigenvalue weighted by Gasteiger charge is 2.10. The third-order valence-corrected chi connectivity index (χ3v) is 5.14. The van der Waals surface area contributed by atoms with Crippen LogP contribution in [0.25, 0.3) is 0 Å². The predicted octanol–water partition coefficient (Wildman–Crippen LogP) is 1.71. The molecule has 0 amide bonds. The van der Waals surface area contributed by atoms with Crippen molar-refractivity contribution in [2.75, 3.05) is 30.9 Å². The molecule has 1 aromatic carbocycles. The summed E-state index contributed by atoms with van der Waals surface area (Å²) in [6.45, 7) is 2.64. The van der Waals surface area contributed by atoms with Crippen molar-refractivity contribution in [3.8, 4) is 5.75 Å². The van der Waals surface area contributed by atoms with Crippen molar-refractivity contribution < 1.29 is 13.2 Å². The monoisotopic (exact) mass is 318 g/mol. The van der Waals surface area contributed by atoms with Gasteiger partial charge in [0.1, 0.15) is 12.4 Å². The van der Waals surface area contributed by atoms with Crippen LogP contribution in [0.2, 0.25) is 0 Å². The Kier molecular flexibility index (Phi) is 7.18. The second kappa shape index (κ2) is 8.39. The van der Waals surface area contributed by atoms with Gasteiger partial charge in [0.2, 0.25) is 10.0 Å². The summed E-state index contributed by atoms with van der Waals surface area (Å²) in [5.74, 6) is 0.520. The van der Waals surface area contributed by atoms with Crippen molar-refractivity contribution in [1.82, 2.24) is 4.72 Å². The van der Waals surface area contributed by atoms with Gasteiger partial charge in [-0.15, -0.1) is 0 Å². The average molecular weight is 318 g/mol. The minimum atomic E-state index is -3.28. The Labute approximate surface area is 125 Å². The topological polar surface area (TPSA) is 81.4 Å². The second-order valence-electron chi connectivity index (χ2n) is 4.47. The lowest BCUT2D eigenvalue weighted by molar-refractivity contribution is 0.340. The summed E-state index contributed by atoms with van der Waals surface area (Å²) in [4.78, 5) is 0. The molecule has 1 atom stereocenters. The van der Waals surface area contributed by atoms with E-state index in [0.717, 1.165) is 6.42 Å². The molecule has 0 saturated heterocycles. The van der Waals surface area contributed by atoms with Crippen LogP contribution in [0.1, 0.15) is 13.3 Å². The van der Waals surface area contributed by atoms with Crippen molar-refractivity contribution in [2.24, 2.45) is 0 Å². The highest BCUT2D eigenvalue weighted by molar-refractivity contribution is 7.99. The van der Waals surface area contributed by atoms with Crippen molar-refractivity contribution in [1.29, 1.82) is 0 Å². The average Bonchev–Trinajstić information content (AvgIpc) is 2.38. The highest BCUT2D eigenvalue weighted by Crippen LogP contribution is 2.14. The number of sulfonamides is 1. The molecule has 1 aromatic rings. The highest BCUT2D eigenvalue weighted by atomic mass is 32.2. The Morgan fingerprint density at radius 1 is 1.45 bits per heavy atom. The third kappa shape index (κ3) is 7.02. The number of nitrogens with one attached hydrogen (secondary N) is 1. The maximum atomic E-state index is 11.7. The van der Waals surface area contributed by atoms with Crippen LogP contribution in [0.5, 0.6) is 5.75 Å². The molecule has 0 aliphatic rings. The molecule has 7 heteroatoms. The van der Waals surface area contributed by atoms with Crippen LogP contribution in [0.3, 0.4) is 0 Å². The fraction of sp³-hybridized carbons (Fsp3) is 0.538. The maximum Gasteiger partial charge on any atom is 0.214 e. The van der Waals surface area contributed by atoms with Crippen molar-refractivity contribution >= 4 is 27.5 Å². The number of nitrogens with two attached hydrogens (primary N) is 1. The summed E-state index contributed by atoms with van der Waals surface area (Å²) < 4.78 is 31.4. The zero-order chi connectivity index (χ0) is 15.0. The van der Waals surface area contributed by atoms with Gasteiger partial charge in [0.15, 0.2) is 0 Å². The third-order valence-electron chi connectivity index (χ3n) is 2.75. The first-order chi connectivity index (χ1) is 9.43. The molecule has 0 fully saturated rings. The van der Waals surface area contributed by atoms with Crippen LogP contribution in [0.4, 0.5) is 5.69 Å². The fourth-order valence-electron chi connectivity index (χ4n) is 1.48. The first kappa shape index (κ1) is 17.1. The number of anilines is 1. The SMILES string of the molecule is CSC(C)CCNS(=O)(=O)CCOc1cccc(N)c1. The molecular weight excluding hydrogens is 296 g/mol. The zero-order valence-corrected chi connectivity index (χ0v) is 13.5. The Morgan fingerprint density at radius 3 is 2.85 bits per heavy atom. The number of nitrogen functional groups attached to an aromatic ring is 1. The summed E-state index contributed by atoms with van der Waals surface area (Å²) in [7, 11) is -3.28. The van der Waals surface area contributed by atoms with E-state index in [1.165, 1.54) is 0 Å². The quantitative estimate of drug-likeness (QED) is 0.677. The van der Waals surface area contributed by atoms with Crippen LogP contribution < -0.4 is 15.2 Å². The van der Waals surface area contributed by atoms with Crippen molar-refractivity contribution in [3.63, 3.8) is 0 Å². The van der Waals surface area contributed by atoms with E-state index in [1.807, 2.05) is 6.26 Å². The summed E-state index contributed by atoms with van der Waals surface area (Å²) in [6, 6.07) is 6.93. The molecule has 0 saturated carbocycles. The van der Waals surface area contributed by atoms with Gasteiger partial charge >= 0.3 is 0 Å². The second-order valence-corrected chi connectivity index (χ2v) is 7.67. The van der Waals surface area contributed by atoms with Crippen LogP contribution >= 0.6 is 11.8 Å². The smallest absolute Gasteiger partial charge is 0.214 e. The van der Waals surface area contributed by atoms with E-state index >= 15 is 0 Å². The Hall–Kier alpha value is -0.920. The van der Waals surface area contributed by atoms with Gasteiger partial charge in [-0.25, -0.2) is 13.1 Å². The molecule has 3 N–H and O–H groups in total. The largest absolute Gasteiger partial charge is 0.492 e. The molecule has 114 valence electrons. The standard InChI is InChI=1S/C13H22N2O3S2/c1-11(19-2)6-7-15-20(16,17)9-8-18-13-5-3-4-12(14)10-13/h3-5,10-11,15H,6-9,14H2,1-2H3. The number of hydrogen-bond acceptors (Lipinski definition) is 5. The molecule has 0 radical (unpaired) electrons.